The van der Waals surface area contributed by atoms with Gasteiger partial charge in [0.1, 0.15) is 4.90 Å². The van der Waals surface area contributed by atoms with E-state index in [0.29, 0.717) is 0 Å². The molecular formula is C6H7O7PS. The number of rotatable bonds is 3. The van der Waals surface area contributed by atoms with Crippen LogP contribution in [0.1, 0.15) is 0 Å². The van der Waals surface area contributed by atoms with Crippen molar-refractivity contribution < 1.29 is 31.8 Å². The minimum absolute atomic E-state index is 0.603. The van der Waals surface area contributed by atoms with Gasteiger partial charge in [-0.1, -0.05) is 12.1 Å². The number of benzene rings is 1. The van der Waals surface area contributed by atoms with Crippen LogP contribution in [0.2, 0.25) is 0 Å². The summed E-state index contributed by atoms with van der Waals surface area (Å²) < 4.78 is 44.8. The fourth-order valence-electron chi connectivity index (χ4n) is 0.867. The molecule has 0 radical (unpaired) electrons. The normalized spacial score (nSPS) is 12.5. The summed E-state index contributed by atoms with van der Waals surface area (Å²) in [5, 5.41) is 0. The maximum absolute atomic E-state index is 10.8. The van der Waals surface area contributed by atoms with Gasteiger partial charge in [0, 0.05) is 0 Å². The number of phosphoric acid groups is 1. The maximum atomic E-state index is 10.8. The van der Waals surface area contributed by atoms with Crippen molar-refractivity contribution in [1.82, 2.24) is 0 Å². The average molecular weight is 254 g/mol. The Hall–Kier alpha value is -0.920. The molecule has 0 aliphatic rings. The van der Waals surface area contributed by atoms with Gasteiger partial charge in [-0.3, -0.25) is 14.3 Å². The highest BCUT2D eigenvalue weighted by molar-refractivity contribution is 7.86. The molecule has 0 heterocycles. The first-order chi connectivity index (χ1) is 6.70. The van der Waals surface area contributed by atoms with Gasteiger partial charge in [0.25, 0.3) is 10.1 Å². The lowest BCUT2D eigenvalue weighted by Crippen LogP contribution is -2.02. The molecule has 0 aliphatic carbocycles. The number of hydrogen-bond donors (Lipinski definition) is 3. The molecule has 0 spiro atoms. The van der Waals surface area contributed by atoms with Crippen molar-refractivity contribution >= 4 is 17.9 Å². The lowest BCUT2D eigenvalue weighted by molar-refractivity contribution is 0.280. The fourth-order valence-corrected chi connectivity index (χ4v) is 1.96. The molecular weight excluding hydrogens is 247 g/mol. The summed E-state index contributed by atoms with van der Waals surface area (Å²) in [4.78, 5) is 16.2. The zero-order valence-electron chi connectivity index (χ0n) is 7.14. The average Bonchev–Trinajstić information content (AvgIpc) is 1.99. The first-order valence-corrected chi connectivity index (χ1v) is 6.49. The largest absolute Gasteiger partial charge is 0.524 e. The second-order valence-corrected chi connectivity index (χ2v) is 5.06. The highest BCUT2D eigenvalue weighted by atomic mass is 32.2. The maximum Gasteiger partial charge on any atom is 0.524 e. The van der Waals surface area contributed by atoms with E-state index in [2.05, 4.69) is 4.52 Å². The van der Waals surface area contributed by atoms with Gasteiger partial charge < -0.3 is 4.52 Å². The van der Waals surface area contributed by atoms with Crippen LogP contribution < -0.4 is 4.52 Å². The SMILES string of the molecule is O=P(O)(O)Oc1ccccc1S(=O)(=O)O. The fraction of sp³-hybridized carbons (Fsp3) is 0. The number of phosphoric ester groups is 1. The summed E-state index contributed by atoms with van der Waals surface area (Å²) in [6.45, 7) is 0. The lowest BCUT2D eigenvalue weighted by atomic mass is 10.3. The van der Waals surface area contributed by atoms with Gasteiger partial charge in [-0.25, -0.2) is 4.57 Å². The summed E-state index contributed by atoms with van der Waals surface area (Å²) in [6, 6.07) is 4.55. The van der Waals surface area contributed by atoms with Gasteiger partial charge in [0.15, 0.2) is 5.75 Å². The van der Waals surface area contributed by atoms with E-state index >= 15 is 0 Å². The van der Waals surface area contributed by atoms with E-state index in [1.54, 1.807) is 0 Å². The molecule has 1 aromatic rings. The summed E-state index contributed by atoms with van der Waals surface area (Å²) in [6.07, 6.45) is 0. The molecule has 0 amide bonds. The molecule has 7 nitrogen and oxygen atoms in total. The Morgan fingerprint density at radius 1 is 1.20 bits per heavy atom. The highest BCUT2D eigenvalue weighted by Crippen LogP contribution is 2.40. The van der Waals surface area contributed by atoms with Gasteiger partial charge in [0.2, 0.25) is 0 Å². The van der Waals surface area contributed by atoms with Gasteiger partial charge in [-0.15, -0.1) is 0 Å². The van der Waals surface area contributed by atoms with Crippen LogP contribution >= 0.6 is 7.82 Å². The molecule has 0 saturated heterocycles. The van der Waals surface area contributed by atoms with Crippen molar-refractivity contribution in [3.8, 4) is 5.75 Å². The van der Waals surface area contributed by atoms with Crippen molar-refractivity contribution in [2.75, 3.05) is 0 Å². The van der Waals surface area contributed by atoms with Crippen molar-refractivity contribution in [2.45, 2.75) is 4.90 Å². The van der Waals surface area contributed by atoms with Gasteiger partial charge in [0.05, 0.1) is 0 Å². The van der Waals surface area contributed by atoms with E-state index in [1.165, 1.54) is 12.1 Å². The van der Waals surface area contributed by atoms with Gasteiger partial charge in [-0.2, -0.15) is 8.42 Å². The quantitative estimate of drug-likeness (QED) is 0.527. The summed E-state index contributed by atoms with van der Waals surface area (Å²) in [5.41, 5.74) is 0. The Balaban J connectivity index is 3.26. The van der Waals surface area contributed by atoms with E-state index in [4.69, 9.17) is 14.3 Å². The second kappa shape index (κ2) is 3.92. The molecule has 0 saturated carbocycles. The summed E-state index contributed by atoms with van der Waals surface area (Å²) in [7, 11) is -9.43. The van der Waals surface area contributed by atoms with E-state index in [0.717, 1.165) is 12.1 Å². The molecule has 0 bridgehead atoms. The smallest absolute Gasteiger partial charge is 0.403 e. The Labute approximate surface area is 85.3 Å². The molecule has 0 fully saturated rings. The monoisotopic (exact) mass is 254 g/mol. The molecule has 1 aromatic carbocycles. The van der Waals surface area contributed by atoms with E-state index < -0.39 is 28.6 Å². The molecule has 15 heavy (non-hydrogen) atoms. The molecule has 9 heteroatoms. The highest BCUT2D eigenvalue weighted by Gasteiger charge is 2.22. The van der Waals surface area contributed by atoms with E-state index in [9.17, 15) is 13.0 Å². The molecule has 0 aliphatic heterocycles. The van der Waals surface area contributed by atoms with Crippen LogP contribution in [0.15, 0.2) is 29.2 Å². The zero-order chi connectivity index (χ0) is 11.7. The minimum atomic E-state index is -4.86. The number of para-hydroxylation sites is 1. The van der Waals surface area contributed by atoms with Crippen LogP contribution in [0.25, 0.3) is 0 Å². The number of hydrogen-bond acceptors (Lipinski definition) is 4. The summed E-state index contributed by atoms with van der Waals surface area (Å²) in [5.74, 6) is -0.603. The Kier molecular flexibility index (Phi) is 3.17. The third kappa shape index (κ3) is 3.61. The second-order valence-electron chi connectivity index (χ2n) is 2.50. The van der Waals surface area contributed by atoms with Crippen LogP contribution in [0.3, 0.4) is 0 Å². The van der Waals surface area contributed by atoms with Crippen LogP contribution in [0, 0.1) is 0 Å². The van der Waals surface area contributed by atoms with Crippen LogP contribution in [-0.4, -0.2) is 22.8 Å². The molecule has 1 rings (SSSR count). The Bertz CT molecular complexity index is 502. The van der Waals surface area contributed by atoms with Crippen molar-refractivity contribution in [2.24, 2.45) is 0 Å². The first kappa shape index (κ1) is 12.2. The van der Waals surface area contributed by atoms with Crippen LogP contribution in [0.5, 0.6) is 5.75 Å². The standard InChI is InChI=1S/C6H7O7PS/c7-14(8,9)13-5-3-1-2-4-6(5)15(10,11)12/h1-4H,(H2,7,8,9)(H,10,11,12). The summed E-state index contributed by atoms with van der Waals surface area (Å²) >= 11 is 0. The van der Waals surface area contributed by atoms with Crippen LogP contribution in [0.4, 0.5) is 0 Å². The Morgan fingerprint density at radius 2 is 1.73 bits per heavy atom. The lowest BCUT2D eigenvalue weighted by Gasteiger charge is -2.09. The first-order valence-electron chi connectivity index (χ1n) is 3.52. The van der Waals surface area contributed by atoms with Crippen molar-refractivity contribution in [3.05, 3.63) is 24.3 Å². The molecule has 0 atom stereocenters. The predicted molar refractivity (Wildman–Crippen MR) is 48.9 cm³/mol. The minimum Gasteiger partial charge on any atom is -0.403 e. The van der Waals surface area contributed by atoms with Crippen molar-refractivity contribution in [1.29, 1.82) is 0 Å². The van der Waals surface area contributed by atoms with Crippen LogP contribution in [-0.2, 0) is 14.7 Å². The molecule has 0 unspecified atom stereocenters. The third-order valence-corrected chi connectivity index (χ3v) is 2.67. The zero-order valence-corrected chi connectivity index (χ0v) is 8.85. The molecule has 84 valence electrons. The van der Waals surface area contributed by atoms with Gasteiger partial charge >= 0.3 is 7.82 Å². The van der Waals surface area contributed by atoms with E-state index in [1.807, 2.05) is 0 Å². The van der Waals surface area contributed by atoms with Crippen molar-refractivity contribution in [3.63, 3.8) is 0 Å². The Morgan fingerprint density at radius 3 is 2.20 bits per heavy atom. The third-order valence-electron chi connectivity index (χ3n) is 1.34. The predicted octanol–water partition coefficient (Wildman–Crippen LogP) is 0.405. The topological polar surface area (TPSA) is 121 Å². The molecule has 0 aromatic heterocycles. The van der Waals surface area contributed by atoms with Gasteiger partial charge in [-0.05, 0) is 12.1 Å². The van der Waals surface area contributed by atoms with E-state index in [-0.39, 0.29) is 0 Å². The molecule has 3 N–H and O–H groups in total.